The van der Waals surface area contributed by atoms with Gasteiger partial charge >= 0.3 is 0 Å². The molecule has 0 radical (unpaired) electrons. The van der Waals surface area contributed by atoms with Gasteiger partial charge in [-0.1, -0.05) is 12.1 Å². The maximum absolute atomic E-state index is 11.5. The van der Waals surface area contributed by atoms with E-state index < -0.39 is 10.0 Å². The Morgan fingerprint density at radius 1 is 1.14 bits per heavy atom. The van der Waals surface area contributed by atoms with Crippen molar-refractivity contribution in [2.75, 3.05) is 30.8 Å². The van der Waals surface area contributed by atoms with Crippen LogP contribution in [0.1, 0.15) is 12.8 Å². The summed E-state index contributed by atoms with van der Waals surface area (Å²) in [7, 11) is -3.18. The summed E-state index contributed by atoms with van der Waals surface area (Å²) in [5.74, 6) is 1.83. The third-order valence-electron chi connectivity index (χ3n) is 4.97. The van der Waals surface area contributed by atoms with Gasteiger partial charge in [0.25, 0.3) is 0 Å². The maximum atomic E-state index is 11.5. The summed E-state index contributed by atoms with van der Waals surface area (Å²) in [6.45, 7) is 2.11. The number of hydrogen-bond donors (Lipinski definition) is 1. The lowest BCUT2D eigenvalue weighted by molar-refractivity contribution is 0.410. The van der Waals surface area contributed by atoms with Crippen LogP contribution in [0.5, 0.6) is 0 Å². The number of para-hydroxylation sites is 1. The van der Waals surface area contributed by atoms with Crippen molar-refractivity contribution in [1.29, 1.82) is 0 Å². The van der Waals surface area contributed by atoms with Crippen LogP contribution in [-0.2, 0) is 10.0 Å². The van der Waals surface area contributed by atoms with Crippen LogP contribution < -0.4 is 9.62 Å². The van der Waals surface area contributed by atoms with E-state index in [0.717, 1.165) is 48.2 Å². The zero-order valence-electron chi connectivity index (χ0n) is 15.7. The van der Waals surface area contributed by atoms with Crippen LogP contribution >= 0.6 is 0 Å². The molecule has 4 rings (SSSR count). The van der Waals surface area contributed by atoms with E-state index in [0.29, 0.717) is 12.4 Å². The normalized spacial score (nSPS) is 17.8. The second-order valence-electron chi connectivity index (χ2n) is 7.20. The van der Waals surface area contributed by atoms with Crippen LogP contribution in [0, 0.1) is 5.92 Å². The highest BCUT2D eigenvalue weighted by atomic mass is 32.2. The molecular weight excluding hydrogens is 374 g/mol. The predicted molar refractivity (Wildman–Crippen MR) is 111 cm³/mol. The minimum atomic E-state index is -3.18. The van der Waals surface area contributed by atoms with Crippen molar-refractivity contribution < 1.29 is 8.42 Å². The largest absolute Gasteiger partial charge is 0.356 e. The number of anilines is 1. The van der Waals surface area contributed by atoms with Crippen LogP contribution in [0.3, 0.4) is 0 Å². The molecule has 1 N–H and O–H groups in total. The Hall–Kier alpha value is -2.58. The molecule has 1 unspecified atom stereocenters. The SMILES string of the molecule is CS(=O)(=O)NCC1CCCN(c2nc(-c3ccncc3)nc3ccccc23)C1. The number of aromatic nitrogens is 3. The molecule has 0 saturated carbocycles. The molecule has 0 aliphatic carbocycles. The van der Waals surface area contributed by atoms with Gasteiger partial charge < -0.3 is 4.90 Å². The topological polar surface area (TPSA) is 88.1 Å². The first-order chi connectivity index (χ1) is 13.5. The minimum absolute atomic E-state index is 0.251. The van der Waals surface area contributed by atoms with Crippen molar-refractivity contribution in [3.63, 3.8) is 0 Å². The van der Waals surface area contributed by atoms with E-state index in [-0.39, 0.29) is 5.92 Å². The van der Waals surface area contributed by atoms with Crippen LogP contribution in [0.15, 0.2) is 48.8 Å². The first-order valence-electron chi connectivity index (χ1n) is 9.36. The molecule has 146 valence electrons. The number of hydrogen-bond acceptors (Lipinski definition) is 6. The van der Waals surface area contributed by atoms with Gasteiger partial charge in [0, 0.05) is 43.0 Å². The summed E-state index contributed by atoms with van der Waals surface area (Å²) < 4.78 is 25.5. The molecule has 0 amide bonds. The Balaban J connectivity index is 1.69. The summed E-state index contributed by atoms with van der Waals surface area (Å²) >= 11 is 0. The molecule has 1 fully saturated rings. The average Bonchev–Trinajstić information content (AvgIpc) is 2.72. The number of piperidine rings is 1. The van der Waals surface area contributed by atoms with Gasteiger partial charge in [0.05, 0.1) is 11.8 Å². The molecule has 1 saturated heterocycles. The molecule has 28 heavy (non-hydrogen) atoms. The van der Waals surface area contributed by atoms with Crippen molar-refractivity contribution in [2.45, 2.75) is 12.8 Å². The van der Waals surface area contributed by atoms with Crippen LogP contribution in [-0.4, -0.2) is 49.3 Å². The molecule has 8 heteroatoms. The van der Waals surface area contributed by atoms with E-state index in [2.05, 4.69) is 14.6 Å². The van der Waals surface area contributed by atoms with E-state index >= 15 is 0 Å². The lowest BCUT2D eigenvalue weighted by Gasteiger charge is -2.34. The van der Waals surface area contributed by atoms with Crippen molar-refractivity contribution in [3.05, 3.63) is 48.8 Å². The number of nitrogens with one attached hydrogen (secondary N) is 1. The minimum Gasteiger partial charge on any atom is -0.356 e. The second kappa shape index (κ2) is 7.81. The third-order valence-corrected chi connectivity index (χ3v) is 5.67. The third kappa shape index (κ3) is 4.28. The number of fused-ring (bicyclic) bond motifs is 1. The number of sulfonamides is 1. The lowest BCUT2D eigenvalue weighted by atomic mass is 9.98. The molecule has 0 spiro atoms. The summed E-state index contributed by atoms with van der Waals surface area (Å²) in [5, 5.41) is 1.01. The zero-order chi connectivity index (χ0) is 19.6. The first-order valence-corrected chi connectivity index (χ1v) is 11.3. The van der Waals surface area contributed by atoms with Gasteiger partial charge in [-0.25, -0.2) is 23.1 Å². The van der Waals surface area contributed by atoms with E-state index in [9.17, 15) is 8.42 Å². The molecule has 2 aromatic heterocycles. The second-order valence-corrected chi connectivity index (χ2v) is 9.03. The van der Waals surface area contributed by atoms with Gasteiger partial charge in [-0.05, 0) is 43.0 Å². The Morgan fingerprint density at radius 3 is 2.71 bits per heavy atom. The smallest absolute Gasteiger partial charge is 0.208 e. The molecule has 3 heterocycles. The highest BCUT2D eigenvalue weighted by Gasteiger charge is 2.24. The Bertz CT molecular complexity index is 1070. The summed E-state index contributed by atoms with van der Waals surface area (Å²) in [6, 6.07) is 11.8. The Morgan fingerprint density at radius 2 is 1.93 bits per heavy atom. The molecule has 3 aromatic rings. The van der Waals surface area contributed by atoms with Gasteiger partial charge in [0.1, 0.15) is 5.82 Å². The van der Waals surface area contributed by atoms with Crippen molar-refractivity contribution in [1.82, 2.24) is 19.7 Å². The fourth-order valence-corrected chi connectivity index (χ4v) is 4.16. The summed E-state index contributed by atoms with van der Waals surface area (Å²) in [6.07, 6.45) is 6.67. The number of pyridine rings is 1. The van der Waals surface area contributed by atoms with Crippen LogP contribution in [0.4, 0.5) is 5.82 Å². The number of rotatable bonds is 5. The summed E-state index contributed by atoms with van der Waals surface area (Å²) in [4.78, 5) is 15.9. The highest BCUT2D eigenvalue weighted by molar-refractivity contribution is 7.88. The molecular formula is C20H23N5O2S. The van der Waals surface area contributed by atoms with E-state index in [1.165, 1.54) is 6.26 Å². The first kappa shape index (κ1) is 18.8. The van der Waals surface area contributed by atoms with Gasteiger partial charge in [0.2, 0.25) is 10.0 Å². The molecule has 1 aromatic carbocycles. The van der Waals surface area contributed by atoms with Crippen molar-refractivity contribution in [3.8, 4) is 11.4 Å². The Labute approximate surface area is 164 Å². The molecule has 1 atom stereocenters. The Kier molecular flexibility index (Phi) is 5.23. The van der Waals surface area contributed by atoms with Crippen LogP contribution in [0.2, 0.25) is 0 Å². The lowest BCUT2D eigenvalue weighted by Crippen LogP contribution is -2.41. The van der Waals surface area contributed by atoms with Gasteiger partial charge in [-0.3, -0.25) is 4.98 Å². The van der Waals surface area contributed by atoms with E-state index in [1.807, 2.05) is 36.4 Å². The van der Waals surface area contributed by atoms with E-state index in [4.69, 9.17) is 9.97 Å². The monoisotopic (exact) mass is 397 g/mol. The predicted octanol–water partition coefficient (Wildman–Crippen LogP) is 2.46. The van der Waals surface area contributed by atoms with E-state index in [1.54, 1.807) is 12.4 Å². The van der Waals surface area contributed by atoms with Gasteiger partial charge in [0.15, 0.2) is 5.82 Å². The van der Waals surface area contributed by atoms with Crippen molar-refractivity contribution >= 4 is 26.7 Å². The average molecular weight is 398 g/mol. The summed E-state index contributed by atoms with van der Waals surface area (Å²) in [5.41, 5.74) is 1.82. The van der Waals surface area contributed by atoms with Gasteiger partial charge in [-0.2, -0.15) is 0 Å². The maximum Gasteiger partial charge on any atom is 0.208 e. The number of nitrogens with zero attached hydrogens (tertiary/aromatic N) is 4. The highest BCUT2D eigenvalue weighted by Crippen LogP contribution is 2.30. The zero-order valence-corrected chi connectivity index (χ0v) is 16.6. The van der Waals surface area contributed by atoms with Crippen molar-refractivity contribution in [2.24, 2.45) is 5.92 Å². The molecule has 1 aliphatic rings. The fraction of sp³-hybridized carbons (Fsp3) is 0.350. The molecule has 0 bridgehead atoms. The molecule has 7 nitrogen and oxygen atoms in total. The fourth-order valence-electron chi connectivity index (χ4n) is 3.62. The van der Waals surface area contributed by atoms with Gasteiger partial charge in [-0.15, -0.1) is 0 Å². The quantitative estimate of drug-likeness (QED) is 0.712. The standard InChI is InChI=1S/C20H23N5O2S/c1-28(26,27)22-13-15-5-4-12-25(14-15)20-17-6-2-3-7-18(17)23-19(24-20)16-8-10-21-11-9-16/h2-3,6-11,15,22H,4-5,12-14H2,1H3. The molecule has 1 aliphatic heterocycles. The number of benzene rings is 1. The van der Waals surface area contributed by atoms with Crippen LogP contribution in [0.25, 0.3) is 22.3 Å².